The van der Waals surface area contributed by atoms with Crippen LogP contribution in [-0.4, -0.2) is 32.4 Å². The van der Waals surface area contributed by atoms with E-state index in [-0.39, 0.29) is 11.3 Å². The van der Waals surface area contributed by atoms with Crippen molar-refractivity contribution >= 4 is 27.6 Å². The van der Waals surface area contributed by atoms with E-state index in [1.165, 1.54) is 7.11 Å². The zero-order chi connectivity index (χ0) is 17.7. The Morgan fingerprint density at radius 2 is 1.79 bits per heavy atom. The van der Waals surface area contributed by atoms with Gasteiger partial charge >= 0.3 is 5.97 Å². The van der Waals surface area contributed by atoms with Gasteiger partial charge in [-0.3, -0.25) is 0 Å². The van der Waals surface area contributed by atoms with Crippen molar-refractivity contribution in [3.63, 3.8) is 0 Å². The van der Waals surface area contributed by atoms with Crippen LogP contribution in [0.2, 0.25) is 0 Å². The molecule has 0 saturated heterocycles. The van der Waals surface area contributed by atoms with Gasteiger partial charge in [0.15, 0.2) is 0 Å². The van der Waals surface area contributed by atoms with E-state index in [9.17, 15) is 9.90 Å². The number of benzene rings is 2. The number of anilines is 1. The third-order valence-corrected chi connectivity index (χ3v) is 3.92. The predicted octanol–water partition coefficient (Wildman–Crippen LogP) is 3.79. The normalized spacial score (nSPS) is 10.2. The molecule has 7 heteroatoms. The summed E-state index contributed by atoms with van der Waals surface area (Å²) >= 11 is 3.36. The lowest BCUT2D eigenvalue weighted by atomic mass is 10.1. The summed E-state index contributed by atoms with van der Waals surface area (Å²) < 4.78 is 16.4. The van der Waals surface area contributed by atoms with Crippen LogP contribution in [0.1, 0.15) is 15.9 Å². The van der Waals surface area contributed by atoms with Crippen LogP contribution in [0, 0.1) is 0 Å². The van der Waals surface area contributed by atoms with Gasteiger partial charge in [-0.1, -0.05) is 15.9 Å². The number of hydrogen-bond donors (Lipinski definition) is 2. The molecular formula is C17H18BrNO5. The molecule has 0 aliphatic carbocycles. The summed E-state index contributed by atoms with van der Waals surface area (Å²) in [5, 5.41) is 12.6. The fourth-order valence-electron chi connectivity index (χ4n) is 2.29. The second-order valence-corrected chi connectivity index (χ2v) is 5.78. The van der Waals surface area contributed by atoms with Crippen molar-refractivity contribution in [3.8, 4) is 17.2 Å². The van der Waals surface area contributed by atoms with E-state index in [1.807, 2.05) is 12.1 Å². The van der Waals surface area contributed by atoms with Crippen LogP contribution in [0.4, 0.5) is 5.69 Å². The fourth-order valence-corrected chi connectivity index (χ4v) is 2.73. The van der Waals surface area contributed by atoms with Crippen LogP contribution in [0.5, 0.6) is 17.2 Å². The molecule has 0 aromatic heterocycles. The van der Waals surface area contributed by atoms with Crippen LogP contribution >= 0.6 is 15.9 Å². The first-order valence-electron chi connectivity index (χ1n) is 7.05. The molecule has 6 nitrogen and oxygen atoms in total. The number of rotatable bonds is 7. The molecule has 0 fully saturated rings. The minimum absolute atomic E-state index is 0.0770. The second-order valence-electron chi connectivity index (χ2n) is 4.87. The minimum atomic E-state index is -1.07. The fraction of sp³-hybridized carbons (Fsp3) is 0.235. The van der Waals surface area contributed by atoms with Crippen molar-refractivity contribution in [2.75, 3.05) is 26.6 Å². The summed E-state index contributed by atoms with van der Waals surface area (Å²) in [5.41, 5.74) is 1.40. The molecule has 128 valence electrons. The third-order valence-electron chi connectivity index (χ3n) is 3.46. The average molecular weight is 396 g/mol. The number of nitrogens with one attached hydrogen (secondary N) is 1. The number of halogens is 1. The molecule has 24 heavy (non-hydrogen) atoms. The minimum Gasteiger partial charge on any atom is -0.497 e. The Balaban J connectivity index is 2.32. The van der Waals surface area contributed by atoms with Crippen molar-refractivity contribution in [3.05, 3.63) is 45.9 Å². The summed E-state index contributed by atoms with van der Waals surface area (Å²) in [6.07, 6.45) is 0. The van der Waals surface area contributed by atoms with Crippen molar-refractivity contribution in [1.29, 1.82) is 0 Å². The second kappa shape index (κ2) is 7.92. The summed E-state index contributed by atoms with van der Waals surface area (Å²) in [7, 11) is 4.59. The number of aromatic carboxylic acids is 1. The summed E-state index contributed by atoms with van der Waals surface area (Å²) in [5.74, 6) is 0.552. The van der Waals surface area contributed by atoms with Crippen molar-refractivity contribution in [1.82, 2.24) is 0 Å². The van der Waals surface area contributed by atoms with Gasteiger partial charge < -0.3 is 24.6 Å². The van der Waals surface area contributed by atoms with Crippen molar-refractivity contribution in [2.45, 2.75) is 6.54 Å². The molecule has 0 radical (unpaired) electrons. The van der Waals surface area contributed by atoms with Gasteiger partial charge in [0, 0.05) is 22.6 Å². The number of carboxylic acid groups (broad SMARTS) is 1. The highest BCUT2D eigenvalue weighted by atomic mass is 79.9. The number of ether oxygens (including phenoxy) is 3. The molecule has 2 aromatic carbocycles. The molecule has 0 unspecified atom stereocenters. The Morgan fingerprint density at radius 3 is 2.38 bits per heavy atom. The van der Waals surface area contributed by atoms with E-state index < -0.39 is 5.97 Å². The highest BCUT2D eigenvalue weighted by Gasteiger charge is 2.18. The lowest BCUT2D eigenvalue weighted by Crippen LogP contribution is -2.09. The Morgan fingerprint density at radius 1 is 1.08 bits per heavy atom. The van der Waals surface area contributed by atoms with Crippen LogP contribution in [0.3, 0.4) is 0 Å². The lowest BCUT2D eigenvalue weighted by molar-refractivity contribution is 0.0694. The van der Waals surface area contributed by atoms with Gasteiger partial charge in [-0.25, -0.2) is 4.79 Å². The molecule has 0 amide bonds. The summed E-state index contributed by atoms with van der Waals surface area (Å²) in [6, 6.07) is 8.76. The monoisotopic (exact) mass is 395 g/mol. The Labute approximate surface area is 148 Å². The van der Waals surface area contributed by atoms with Gasteiger partial charge in [0.1, 0.15) is 22.8 Å². The van der Waals surface area contributed by atoms with Gasteiger partial charge in [-0.15, -0.1) is 0 Å². The Hall–Kier alpha value is -2.41. The molecular weight excluding hydrogens is 378 g/mol. The van der Waals surface area contributed by atoms with Gasteiger partial charge in [0.25, 0.3) is 0 Å². The van der Waals surface area contributed by atoms with Crippen LogP contribution in [0.25, 0.3) is 0 Å². The molecule has 0 heterocycles. The molecule has 2 N–H and O–H groups in total. The Bertz CT molecular complexity index is 748. The van der Waals surface area contributed by atoms with Crippen molar-refractivity contribution in [2.24, 2.45) is 0 Å². The first-order valence-corrected chi connectivity index (χ1v) is 7.85. The van der Waals surface area contributed by atoms with E-state index in [2.05, 4.69) is 21.2 Å². The topological polar surface area (TPSA) is 77.0 Å². The molecule has 0 saturated carbocycles. The average Bonchev–Trinajstić information content (AvgIpc) is 2.58. The summed E-state index contributed by atoms with van der Waals surface area (Å²) in [6.45, 7) is 0.382. The summed E-state index contributed by atoms with van der Waals surface area (Å²) in [4.78, 5) is 11.6. The van der Waals surface area contributed by atoms with Gasteiger partial charge in [0.2, 0.25) is 0 Å². The number of hydrogen-bond acceptors (Lipinski definition) is 5. The Kier molecular flexibility index (Phi) is 5.92. The van der Waals surface area contributed by atoms with Gasteiger partial charge in [-0.2, -0.15) is 0 Å². The SMILES string of the molecule is COc1ccc(CNc2cc(Br)cc(OC)c2C(=O)O)c(OC)c1. The largest absolute Gasteiger partial charge is 0.497 e. The molecule has 0 aliphatic rings. The maximum Gasteiger partial charge on any atom is 0.341 e. The molecule has 2 rings (SSSR count). The number of methoxy groups -OCH3 is 3. The molecule has 0 aliphatic heterocycles. The predicted molar refractivity (Wildman–Crippen MR) is 94.5 cm³/mol. The lowest BCUT2D eigenvalue weighted by Gasteiger charge is -2.15. The zero-order valence-electron chi connectivity index (χ0n) is 13.6. The maximum atomic E-state index is 11.6. The van der Waals surface area contributed by atoms with E-state index in [0.717, 1.165) is 5.56 Å². The van der Waals surface area contributed by atoms with Crippen molar-refractivity contribution < 1.29 is 24.1 Å². The van der Waals surface area contributed by atoms with E-state index >= 15 is 0 Å². The number of carboxylic acids is 1. The maximum absolute atomic E-state index is 11.6. The van der Waals surface area contributed by atoms with Gasteiger partial charge in [0.05, 0.1) is 27.0 Å². The van der Waals surface area contributed by atoms with E-state index in [4.69, 9.17) is 14.2 Å². The first kappa shape index (κ1) is 17.9. The van der Waals surface area contributed by atoms with Crippen LogP contribution < -0.4 is 19.5 Å². The van der Waals surface area contributed by atoms with Crippen LogP contribution in [-0.2, 0) is 6.54 Å². The smallest absolute Gasteiger partial charge is 0.341 e. The highest BCUT2D eigenvalue weighted by molar-refractivity contribution is 9.10. The van der Waals surface area contributed by atoms with E-state index in [0.29, 0.717) is 28.2 Å². The third kappa shape index (κ3) is 3.91. The number of carbonyl (C=O) groups is 1. The first-order chi connectivity index (χ1) is 11.5. The van der Waals surface area contributed by atoms with E-state index in [1.54, 1.807) is 32.4 Å². The standard InChI is InChI=1S/C17H18BrNO5/c1-22-12-5-4-10(14(8-12)23-2)9-19-13-6-11(18)7-15(24-3)16(13)17(20)21/h4-8,19H,9H2,1-3H3,(H,20,21). The zero-order valence-corrected chi connectivity index (χ0v) is 15.1. The molecule has 2 aromatic rings. The van der Waals surface area contributed by atoms with Crippen LogP contribution in [0.15, 0.2) is 34.8 Å². The quantitative estimate of drug-likeness (QED) is 0.742. The van der Waals surface area contributed by atoms with Gasteiger partial charge in [-0.05, 0) is 24.3 Å². The highest BCUT2D eigenvalue weighted by Crippen LogP contribution is 2.32. The molecule has 0 bridgehead atoms. The molecule has 0 atom stereocenters. The molecule has 0 spiro atoms.